The SMILES string of the molecule is O=CC1=CC(c2ccccc2)N(c2ccccc2)N1. The number of allylic oxidation sites excluding steroid dienone is 1. The molecule has 0 amide bonds. The summed E-state index contributed by atoms with van der Waals surface area (Å²) in [7, 11) is 0. The van der Waals surface area contributed by atoms with Crippen LogP contribution in [-0.2, 0) is 4.79 Å². The van der Waals surface area contributed by atoms with Gasteiger partial charge in [-0.1, -0.05) is 48.5 Å². The summed E-state index contributed by atoms with van der Waals surface area (Å²) in [6.45, 7) is 0. The van der Waals surface area contributed by atoms with E-state index in [1.54, 1.807) is 0 Å². The predicted octanol–water partition coefficient (Wildman–Crippen LogP) is 2.84. The van der Waals surface area contributed by atoms with Crippen LogP contribution >= 0.6 is 0 Å². The molecule has 1 N–H and O–H groups in total. The summed E-state index contributed by atoms with van der Waals surface area (Å²) in [6, 6.07) is 20.1. The molecule has 3 nitrogen and oxygen atoms in total. The molecule has 94 valence electrons. The van der Waals surface area contributed by atoms with Crippen LogP contribution in [0.4, 0.5) is 5.69 Å². The molecule has 0 aliphatic carbocycles. The number of carbonyl (C=O) groups excluding carboxylic acids is 1. The van der Waals surface area contributed by atoms with E-state index in [4.69, 9.17) is 0 Å². The van der Waals surface area contributed by atoms with Crippen LogP contribution in [0.5, 0.6) is 0 Å². The van der Waals surface area contributed by atoms with Gasteiger partial charge >= 0.3 is 0 Å². The summed E-state index contributed by atoms with van der Waals surface area (Å²) >= 11 is 0. The van der Waals surface area contributed by atoms with Crippen LogP contribution in [0.2, 0.25) is 0 Å². The van der Waals surface area contributed by atoms with Gasteiger partial charge in [-0.05, 0) is 23.8 Å². The number of nitrogens with one attached hydrogen (secondary N) is 1. The van der Waals surface area contributed by atoms with Gasteiger partial charge in [0.1, 0.15) is 0 Å². The molecule has 0 fully saturated rings. The molecule has 0 bridgehead atoms. The summed E-state index contributed by atoms with van der Waals surface area (Å²) in [5.41, 5.74) is 5.91. The normalized spacial score (nSPS) is 17.8. The second kappa shape index (κ2) is 4.98. The number of benzene rings is 2. The molecule has 0 saturated heterocycles. The summed E-state index contributed by atoms with van der Waals surface area (Å²) in [6.07, 6.45) is 2.79. The molecule has 1 unspecified atom stereocenters. The zero-order valence-electron chi connectivity index (χ0n) is 10.4. The molecule has 0 saturated carbocycles. The van der Waals surface area contributed by atoms with Gasteiger partial charge in [-0.15, -0.1) is 0 Å². The zero-order valence-corrected chi connectivity index (χ0v) is 10.4. The fourth-order valence-corrected chi connectivity index (χ4v) is 2.27. The van der Waals surface area contributed by atoms with Crippen molar-refractivity contribution in [3.63, 3.8) is 0 Å². The number of para-hydroxylation sites is 1. The number of rotatable bonds is 3. The third kappa shape index (κ3) is 2.22. The molecular weight excluding hydrogens is 236 g/mol. The van der Waals surface area contributed by atoms with Gasteiger partial charge < -0.3 is 0 Å². The maximum absolute atomic E-state index is 11.0. The molecule has 2 aromatic rings. The van der Waals surface area contributed by atoms with Crippen molar-refractivity contribution in [3.8, 4) is 0 Å². The third-order valence-electron chi connectivity index (χ3n) is 3.17. The number of anilines is 1. The lowest BCUT2D eigenvalue weighted by Gasteiger charge is -2.27. The van der Waals surface area contributed by atoms with Crippen LogP contribution < -0.4 is 10.4 Å². The molecule has 1 aliphatic heterocycles. The highest BCUT2D eigenvalue weighted by atomic mass is 16.1. The van der Waals surface area contributed by atoms with Gasteiger partial charge in [0.2, 0.25) is 0 Å². The van der Waals surface area contributed by atoms with Crippen molar-refractivity contribution >= 4 is 12.0 Å². The highest BCUT2D eigenvalue weighted by molar-refractivity contribution is 5.75. The first-order valence-electron chi connectivity index (χ1n) is 6.21. The van der Waals surface area contributed by atoms with Crippen LogP contribution in [-0.4, -0.2) is 6.29 Å². The van der Waals surface area contributed by atoms with E-state index >= 15 is 0 Å². The molecule has 1 atom stereocenters. The maximum atomic E-state index is 11.0. The molecule has 3 heteroatoms. The summed E-state index contributed by atoms with van der Waals surface area (Å²) in [5.74, 6) is 0. The van der Waals surface area contributed by atoms with Crippen LogP contribution in [0.1, 0.15) is 11.6 Å². The Morgan fingerprint density at radius 3 is 2.21 bits per heavy atom. The molecule has 1 aliphatic rings. The van der Waals surface area contributed by atoms with E-state index in [1.807, 2.05) is 59.6 Å². The standard InChI is InChI=1S/C16H14N2O/c19-12-14-11-16(13-7-3-1-4-8-13)18(17-14)15-9-5-2-6-10-15/h1-12,16-17H. The Bertz CT molecular complexity index is 593. The highest BCUT2D eigenvalue weighted by Gasteiger charge is 2.25. The van der Waals surface area contributed by atoms with Crippen LogP contribution in [0, 0.1) is 0 Å². The van der Waals surface area contributed by atoms with E-state index < -0.39 is 0 Å². The van der Waals surface area contributed by atoms with Crippen molar-refractivity contribution < 1.29 is 4.79 Å². The monoisotopic (exact) mass is 250 g/mol. The van der Waals surface area contributed by atoms with Crippen molar-refractivity contribution in [2.45, 2.75) is 6.04 Å². The van der Waals surface area contributed by atoms with Crippen molar-refractivity contribution in [2.24, 2.45) is 0 Å². The smallest absolute Gasteiger partial charge is 0.167 e. The Labute approximate surface area is 112 Å². The number of aldehydes is 1. The molecule has 1 heterocycles. The van der Waals surface area contributed by atoms with Gasteiger partial charge in [-0.3, -0.25) is 15.2 Å². The van der Waals surface area contributed by atoms with Crippen LogP contribution in [0.25, 0.3) is 0 Å². The lowest BCUT2D eigenvalue weighted by Crippen LogP contribution is -2.34. The maximum Gasteiger partial charge on any atom is 0.167 e. The Morgan fingerprint density at radius 1 is 0.947 bits per heavy atom. The van der Waals surface area contributed by atoms with E-state index in [0.29, 0.717) is 5.70 Å². The molecule has 0 aromatic heterocycles. The number of hydrogen-bond acceptors (Lipinski definition) is 3. The second-order valence-electron chi connectivity index (χ2n) is 4.41. The number of nitrogens with zero attached hydrogens (tertiary/aromatic N) is 1. The summed E-state index contributed by atoms with van der Waals surface area (Å²) in [5, 5.41) is 2.00. The van der Waals surface area contributed by atoms with Gasteiger partial charge in [0.15, 0.2) is 6.29 Å². The van der Waals surface area contributed by atoms with Gasteiger partial charge in [0.25, 0.3) is 0 Å². The highest BCUT2D eigenvalue weighted by Crippen LogP contribution is 2.30. The fraction of sp³-hybridized carbons (Fsp3) is 0.0625. The number of hydrazine groups is 1. The van der Waals surface area contributed by atoms with Crippen molar-refractivity contribution in [1.82, 2.24) is 5.43 Å². The second-order valence-corrected chi connectivity index (χ2v) is 4.41. The number of carbonyl (C=O) groups is 1. The van der Waals surface area contributed by atoms with Gasteiger partial charge in [0.05, 0.1) is 17.4 Å². The van der Waals surface area contributed by atoms with Crippen molar-refractivity contribution in [2.75, 3.05) is 5.01 Å². The molecule has 3 rings (SSSR count). The molecule has 0 spiro atoms. The average Bonchev–Trinajstić information content (AvgIpc) is 2.93. The molecule has 19 heavy (non-hydrogen) atoms. The van der Waals surface area contributed by atoms with Crippen molar-refractivity contribution in [1.29, 1.82) is 0 Å². The van der Waals surface area contributed by atoms with Gasteiger partial charge in [-0.2, -0.15) is 0 Å². The van der Waals surface area contributed by atoms with E-state index in [2.05, 4.69) is 17.6 Å². The zero-order chi connectivity index (χ0) is 13.1. The summed E-state index contributed by atoms with van der Waals surface area (Å²) in [4.78, 5) is 11.0. The molecule has 0 radical (unpaired) electrons. The first-order chi connectivity index (χ1) is 9.38. The topological polar surface area (TPSA) is 32.3 Å². The Balaban J connectivity index is 1.99. The first kappa shape index (κ1) is 11.5. The molecular formula is C16H14N2O. The van der Waals surface area contributed by atoms with Gasteiger partial charge in [-0.25, -0.2) is 0 Å². The quantitative estimate of drug-likeness (QED) is 0.850. The lowest BCUT2D eigenvalue weighted by atomic mass is 10.1. The average molecular weight is 250 g/mol. The minimum absolute atomic E-state index is 0.0313. The Kier molecular flexibility index (Phi) is 3.02. The van der Waals surface area contributed by atoms with E-state index in [1.165, 1.54) is 0 Å². The summed E-state index contributed by atoms with van der Waals surface area (Å²) < 4.78 is 0. The van der Waals surface area contributed by atoms with Gasteiger partial charge in [0, 0.05) is 0 Å². The largest absolute Gasteiger partial charge is 0.296 e. The minimum Gasteiger partial charge on any atom is -0.296 e. The minimum atomic E-state index is 0.0313. The van der Waals surface area contributed by atoms with E-state index in [-0.39, 0.29) is 6.04 Å². The Morgan fingerprint density at radius 2 is 1.58 bits per heavy atom. The lowest BCUT2D eigenvalue weighted by molar-refractivity contribution is -0.105. The third-order valence-corrected chi connectivity index (χ3v) is 3.17. The van der Waals surface area contributed by atoms with Crippen molar-refractivity contribution in [3.05, 3.63) is 78.0 Å². The Hall–Kier alpha value is -2.55. The predicted molar refractivity (Wildman–Crippen MR) is 75.4 cm³/mol. The molecule has 2 aromatic carbocycles. The number of hydrogen-bond donors (Lipinski definition) is 1. The van der Waals surface area contributed by atoms with E-state index in [9.17, 15) is 4.79 Å². The first-order valence-corrected chi connectivity index (χ1v) is 6.21. The van der Waals surface area contributed by atoms with E-state index in [0.717, 1.165) is 17.5 Å². The van der Waals surface area contributed by atoms with Crippen LogP contribution in [0.3, 0.4) is 0 Å². The fourth-order valence-electron chi connectivity index (χ4n) is 2.27. The van der Waals surface area contributed by atoms with Crippen LogP contribution in [0.15, 0.2) is 72.4 Å².